The summed E-state index contributed by atoms with van der Waals surface area (Å²) >= 11 is 0. The summed E-state index contributed by atoms with van der Waals surface area (Å²) in [7, 11) is 3.98. The molecule has 23 heavy (non-hydrogen) atoms. The molecule has 0 radical (unpaired) electrons. The first-order valence-electron chi connectivity index (χ1n) is 7.63. The molecule has 1 aromatic rings. The van der Waals surface area contributed by atoms with E-state index in [1.807, 2.05) is 18.0 Å². The van der Waals surface area contributed by atoms with Gasteiger partial charge in [0.05, 0.1) is 5.69 Å². The summed E-state index contributed by atoms with van der Waals surface area (Å²) in [6.45, 7) is 2.02. The van der Waals surface area contributed by atoms with Crippen LogP contribution in [0.15, 0.2) is 36.0 Å². The Kier molecular flexibility index (Phi) is 5.61. The molecule has 0 saturated carbocycles. The van der Waals surface area contributed by atoms with E-state index in [4.69, 9.17) is 0 Å². The minimum absolute atomic E-state index is 0.0229. The number of phenols is 1. The highest BCUT2D eigenvalue weighted by atomic mass is 16.3. The molecule has 0 aliphatic carbocycles. The van der Waals surface area contributed by atoms with Crippen LogP contribution in [-0.4, -0.2) is 54.0 Å². The maximum absolute atomic E-state index is 12.2. The molecule has 0 aromatic heterocycles. The van der Waals surface area contributed by atoms with Crippen molar-refractivity contribution >= 4 is 11.6 Å². The first kappa shape index (κ1) is 16.8. The monoisotopic (exact) mass is 314 g/mol. The van der Waals surface area contributed by atoms with Crippen LogP contribution >= 0.6 is 0 Å². The molecule has 0 bridgehead atoms. The molecule has 1 aliphatic heterocycles. The lowest BCUT2D eigenvalue weighted by molar-refractivity contribution is -0.112. The third-order valence-electron chi connectivity index (χ3n) is 4.11. The van der Waals surface area contributed by atoms with E-state index >= 15 is 0 Å². The molecule has 0 atom stereocenters. The molecule has 6 heteroatoms. The topological polar surface area (TPSA) is 79.6 Å². The fraction of sp³-hybridized carbons (Fsp3) is 0.412. The zero-order valence-corrected chi connectivity index (χ0v) is 13.5. The van der Waals surface area contributed by atoms with Gasteiger partial charge in [-0.25, -0.2) is 0 Å². The van der Waals surface area contributed by atoms with Crippen LogP contribution in [0.5, 0.6) is 5.75 Å². The lowest BCUT2D eigenvalue weighted by atomic mass is 10.0. The highest BCUT2D eigenvalue weighted by Crippen LogP contribution is 2.22. The van der Waals surface area contributed by atoms with Crippen LogP contribution in [0.2, 0.25) is 0 Å². The van der Waals surface area contributed by atoms with Crippen LogP contribution < -0.4 is 5.32 Å². The Morgan fingerprint density at radius 1 is 1.43 bits per heavy atom. The minimum Gasteiger partial charge on any atom is -0.506 e. The van der Waals surface area contributed by atoms with Gasteiger partial charge in [0.1, 0.15) is 17.4 Å². The molecular weight excluding hydrogens is 292 g/mol. The number of carbonyl (C=O) groups excluding carboxylic acids is 1. The number of para-hydroxylation sites is 2. The largest absolute Gasteiger partial charge is 0.506 e. The fourth-order valence-corrected chi connectivity index (χ4v) is 2.62. The molecule has 2 N–H and O–H groups in total. The third-order valence-corrected chi connectivity index (χ3v) is 4.11. The molecular formula is C17H22N4O2. The predicted octanol–water partition coefficient (Wildman–Crippen LogP) is 1.76. The van der Waals surface area contributed by atoms with Gasteiger partial charge in [0, 0.05) is 19.3 Å². The zero-order chi connectivity index (χ0) is 16.8. The number of anilines is 1. The van der Waals surface area contributed by atoms with Gasteiger partial charge >= 0.3 is 0 Å². The van der Waals surface area contributed by atoms with Crippen molar-refractivity contribution in [3.05, 3.63) is 36.0 Å². The Morgan fingerprint density at radius 3 is 2.70 bits per heavy atom. The number of hydrogen-bond acceptors (Lipinski definition) is 5. The number of hydrogen-bond donors (Lipinski definition) is 2. The van der Waals surface area contributed by atoms with Gasteiger partial charge in [-0.1, -0.05) is 12.1 Å². The van der Waals surface area contributed by atoms with E-state index in [-0.39, 0.29) is 11.3 Å². The molecule has 0 spiro atoms. The fourth-order valence-electron chi connectivity index (χ4n) is 2.62. The van der Waals surface area contributed by atoms with E-state index < -0.39 is 5.91 Å². The van der Waals surface area contributed by atoms with E-state index in [2.05, 4.69) is 17.3 Å². The first-order valence-corrected chi connectivity index (χ1v) is 7.63. The summed E-state index contributed by atoms with van der Waals surface area (Å²) in [5, 5.41) is 21.5. The van der Waals surface area contributed by atoms with Crippen molar-refractivity contribution in [1.29, 1.82) is 5.26 Å². The first-order chi connectivity index (χ1) is 11.0. The van der Waals surface area contributed by atoms with Crippen LogP contribution in [-0.2, 0) is 4.79 Å². The second-order valence-electron chi connectivity index (χ2n) is 5.83. The van der Waals surface area contributed by atoms with Gasteiger partial charge in [0.15, 0.2) is 0 Å². The molecule has 122 valence electrons. The Morgan fingerprint density at radius 2 is 2.09 bits per heavy atom. The summed E-state index contributed by atoms with van der Waals surface area (Å²) in [4.78, 5) is 16.4. The Bertz CT molecular complexity index is 628. The Labute approximate surface area is 136 Å². The summed E-state index contributed by atoms with van der Waals surface area (Å²) in [5.74, 6) is -0.546. The highest BCUT2D eigenvalue weighted by molar-refractivity contribution is 6.07. The molecule has 1 aliphatic rings. The number of nitrogens with zero attached hydrogens (tertiary/aromatic N) is 3. The van der Waals surface area contributed by atoms with Crippen LogP contribution in [0.4, 0.5) is 5.69 Å². The lowest BCUT2D eigenvalue weighted by Gasteiger charge is -2.34. The maximum Gasteiger partial charge on any atom is 0.267 e. The van der Waals surface area contributed by atoms with Crippen LogP contribution in [0.1, 0.15) is 12.8 Å². The number of rotatable bonds is 4. The van der Waals surface area contributed by atoms with Crippen molar-refractivity contribution in [2.45, 2.75) is 18.9 Å². The van der Waals surface area contributed by atoms with Crippen molar-refractivity contribution in [3.8, 4) is 11.8 Å². The standard InChI is InChI=1S/C17H22N4O2/c1-20-9-7-14(8-10-20)21(2)12-13(11-18)17(23)19-15-5-3-4-6-16(15)22/h3-6,12,14,22H,7-10H2,1-2H3,(H,19,23)/b13-12-. The van der Waals surface area contributed by atoms with Crippen LogP contribution in [0, 0.1) is 11.3 Å². The Hall–Kier alpha value is -2.52. The van der Waals surface area contributed by atoms with Gasteiger partial charge in [-0.15, -0.1) is 0 Å². The molecule has 6 nitrogen and oxygen atoms in total. The van der Waals surface area contributed by atoms with Gasteiger partial charge < -0.3 is 20.2 Å². The van der Waals surface area contributed by atoms with E-state index in [9.17, 15) is 15.2 Å². The van der Waals surface area contributed by atoms with E-state index in [0.717, 1.165) is 25.9 Å². The van der Waals surface area contributed by atoms with Gasteiger partial charge in [-0.05, 0) is 45.1 Å². The number of aromatic hydroxyl groups is 1. The number of nitriles is 1. The number of nitrogens with one attached hydrogen (secondary N) is 1. The normalized spacial score (nSPS) is 16.7. The maximum atomic E-state index is 12.2. The smallest absolute Gasteiger partial charge is 0.267 e. The quantitative estimate of drug-likeness (QED) is 0.503. The summed E-state index contributed by atoms with van der Waals surface area (Å²) in [6, 6.07) is 8.70. The molecule has 1 fully saturated rings. The van der Waals surface area contributed by atoms with Crippen molar-refractivity contribution < 1.29 is 9.90 Å². The summed E-state index contributed by atoms with van der Waals surface area (Å²) < 4.78 is 0. The number of carbonyl (C=O) groups is 1. The van der Waals surface area contributed by atoms with Crippen molar-refractivity contribution in [2.75, 3.05) is 32.5 Å². The van der Waals surface area contributed by atoms with E-state index in [0.29, 0.717) is 11.7 Å². The number of phenolic OH excluding ortho intramolecular Hbond substituents is 1. The average Bonchev–Trinajstić information content (AvgIpc) is 2.55. The number of amides is 1. The third kappa shape index (κ3) is 4.47. The van der Waals surface area contributed by atoms with Crippen LogP contribution in [0.3, 0.4) is 0 Å². The number of benzene rings is 1. The van der Waals surface area contributed by atoms with Gasteiger partial charge in [0.25, 0.3) is 5.91 Å². The van der Waals surface area contributed by atoms with E-state index in [1.54, 1.807) is 24.4 Å². The second-order valence-corrected chi connectivity index (χ2v) is 5.83. The van der Waals surface area contributed by atoms with Crippen molar-refractivity contribution in [1.82, 2.24) is 9.80 Å². The van der Waals surface area contributed by atoms with Gasteiger partial charge in [-0.3, -0.25) is 4.79 Å². The number of piperidine rings is 1. The Balaban J connectivity index is 2.04. The summed E-state index contributed by atoms with van der Waals surface area (Å²) in [6.07, 6.45) is 3.60. The molecule has 1 saturated heterocycles. The van der Waals surface area contributed by atoms with Crippen LogP contribution in [0.25, 0.3) is 0 Å². The van der Waals surface area contributed by atoms with Crippen molar-refractivity contribution in [2.24, 2.45) is 0 Å². The minimum atomic E-state index is -0.520. The lowest BCUT2D eigenvalue weighted by Crippen LogP contribution is -2.40. The SMILES string of the molecule is CN1CCC(N(C)/C=C(/C#N)C(=O)Nc2ccccc2O)CC1. The second kappa shape index (κ2) is 7.65. The zero-order valence-electron chi connectivity index (χ0n) is 13.5. The average molecular weight is 314 g/mol. The molecule has 1 aromatic carbocycles. The highest BCUT2D eigenvalue weighted by Gasteiger charge is 2.20. The van der Waals surface area contributed by atoms with Crippen molar-refractivity contribution in [3.63, 3.8) is 0 Å². The summed E-state index contributed by atoms with van der Waals surface area (Å²) in [5.41, 5.74) is 0.315. The predicted molar refractivity (Wildman–Crippen MR) is 88.7 cm³/mol. The molecule has 1 amide bonds. The van der Waals surface area contributed by atoms with Gasteiger partial charge in [-0.2, -0.15) is 5.26 Å². The molecule has 1 heterocycles. The van der Waals surface area contributed by atoms with Gasteiger partial charge in [0.2, 0.25) is 0 Å². The number of likely N-dealkylation sites (tertiary alicyclic amines) is 1. The molecule has 0 unspecified atom stereocenters. The van der Waals surface area contributed by atoms with E-state index in [1.165, 1.54) is 6.07 Å². The molecule has 2 rings (SSSR count).